The summed E-state index contributed by atoms with van der Waals surface area (Å²) < 4.78 is 10.6. The Bertz CT molecular complexity index is 1290. The van der Waals surface area contributed by atoms with E-state index in [0.717, 1.165) is 0 Å². The number of hydrogen-bond donors (Lipinski definition) is 1. The SMILES string of the molecule is COc1ccc(Cl)cc1CC(=O)Cc1ccnc(C(=O)NCc2cccc(CC(=O)OC(C)(C)C)n2)c1. The topological polar surface area (TPSA) is 107 Å². The number of esters is 1. The van der Waals surface area contributed by atoms with Crippen molar-refractivity contribution in [2.24, 2.45) is 0 Å². The summed E-state index contributed by atoms with van der Waals surface area (Å²) in [5.74, 6) is -0.226. The Morgan fingerprint density at radius 2 is 1.73 bits per heavy atom. The molecule has 37 heavy (non-hydrogen) atoms. The van der Waals surface area contributed by atoms with Gasteiger partial charge < -0.3 is 14.8 Å². The molecule has 3 aromatic rings. The van der Waals surface area contributed by atoms with Crippen molar-refractivity contribution in [1.29, 1.82) is 0 Å². The highest BCUT2D eigenvalue weighted by molar-refractivity contribution is 6.30. The number of benzene rings is 1. The van der Waals surface area contributed by atoms with Crippen molar-refractivity contribution in [3.8, 4) is 5.75 Å². The van der Waals surface area contributed by atoms with Crippen molar-refractivity contribution in [2.75, 3.05) is 7.11 Å². The molecule has 0 aliphatic rings. The van der Waals surface area contributed by atoms with Gasteiger partial charge in [-0.2, -0.15) is 0 Å². The summed E-state index contributed by atoms with van der Waals surface area (Å²) in [7, 11) is 1.54. The van der Waals surface area contributed by atoms with Gasteiger partial charge in [0.2, 0.25) is 0 Å². The number of carbonyl (C=O) groups is 3. The van der Waals surface area contributed by atoms with Crippen molar-refractivity contribution in [2.45, 2.75) is 52.2 Å². The van der Waals surface area contributed by atoms with Crippen LogP contribution in [0.2, 0.25) is 5.02 Å². The molecule has 0 atom stereocenters. The normalized spacial score (nSPS) is 11.1. The average Bonchev–Trinajstić information content (AvgIpc) is 2.82. The minimum absolute atomic E-state index is 0.0394. The lowest BCUT2D eigenvalue weighted by Gasteiger charge is -2.19. The van der Waals surface area contributed by atoms with E-state index < -0.39 is 11.5 Å². The molecule has 194 valence electrons. The molecule has 0 aliphatic heterocycles. The van der Waals surface area contributed by atoms with Crippen LogP contribution >= 0.6 is 11.6 Å². The summed E-state index contributed by atoms with van der Waals surface area (Å²) in [6.07, 6.45) is 1.82. The Kier molecular flexibility index (Phi) is 9.36. The average molecular weight is 524 g/mol. The van der Waals surface area contributed by atoms with Crippen molar-refractivity contribution < 1.29 is 23.9 Å². The summed E-state index contributed by atoms with van der Waals surface area (Å²) in [4.78, 5) is 46.0. The number of rotatable bonds is 10. The van der Waals surface area contributed by atoms with E-state index in [2.05, 4.69) is 15.3 Å². The zero-order chi connectivity index (χ0) is 27.0. The Morgan fingerprint density at radius 1 is 0.973 bits per heavy atom. The molecule has 2 heterocycles. The summed E-state index contributed by atoms with van der Waals surface area (Å²) in [6.45, 7) is 5.57. The Morgan fingerprint density at radius 3 is 2.46 bits per heavy atom. The van der Waals surface area contributed by atoms with E-state index in [1.807, 2.05) is 0 Å². The van der Waals surface area contributed by atoms with Crippen molar-refractivity contribution in [3.05, 3.63) is 88.0 Å². The highest BCUT2D eigenvalue weighted by Gasteiger charge is 2.17. The smallest absolute Gasteiger partial charge is 0.312 e. The minimum atomic E-state index is -0.572. The maximum absolute atomic E-state index is 12.7. The van der Waals surface area contributed by atoms with Crippen molar-refractivity contribution in [3.63, 3.8) is 0 Å². The number of Topliss-reactive ketones (excluding diaryl/α,β-unsaturated/α-hetero) is 1. The number of amides is 1. The lowest BCUT2D eigenvalue weighted by molar-refractivity contribution is -0.154. The molecule has 1 aromatic carbocycles. The van der Waals surface area contributed by atoms with E-state index in [1.165, 1.54) is 13.3 Å². The number of halogens is 1. The summed E-state index contributed by atoms with van der Waals surface area (Å²) in [5.41, 5.74) is 2.14. The maximum Gasteiger partial charge on any atom is 0.312 e. The predicted molar refractivity (Wildman–Crippen MR) is 140 cm³/mol. The molecule has 2 aromatic heterocycles. The van der Waals surface area contributed by atoms with Crippen LogP contribution in [0.3, 0.4) is 0 Å². The van der Waals surface area contributed by atoms with Crippen LogP contribution in [0, 0.1) is 0 Å². The fourth-order valence-electron chi connectivity index (χ4n) is 3.61. The van der Waals surface area contributed by atoms with Gasteiger partial charge in [0.1, 0.15) is 22.8 Å². The van der Waals surface area contributed by atoms with Crippen LogP contribution in [0.5, 0.6) is 5.75 Å². The first-order valence-corrected chi connectivity index (χ1v) is 12.1. The number of pyridine rings is 2. The molecule has 8 nitrogen and oxygen atoms in total. The molecule has 0 unspecified atom stereocenters. The third-order valence-corrected chi connectivity index (χ3v) is 5.36. The molecular weight excluding hydrogens is 494 g/mol. The fourth-order valence-corrected chi connectivity index (χ4v) is 3.80. The van der Waals surface area contributed by atoms with E-state index in [-0.39, 0.29) is 43.3 Å². The third-order valence-electron chi connectivity index (χ3n) is 5.13. The molecule has 0 radical (unpaired) electrons. The fraction of sp³-hybridized carbons (Fsp3) is 0.321. The van der Waals surface area contributed by atoms with Gasteiger partial charge in [-0.1, -0.05) is 17.7 Å². The zero-order valence-electron chi connectivity index (χ0n) is 21.3. The van der Waals surface area contributed by atoms with E-state index in [0.29, 0.717) is 33.3 Å². The first-order valence-electron chi connectivity index (χ1n) is 11.8. The molecular formula is C28H30ClN3O5. The van der Waals surface area contributed by atoms with Crippen LogP contribution in [0.25, 0.3) is 0 Å². The standard InChI is InChI=1S/C28H30ClN3O5/c1-28(2,3)37-26(34)16-21-6-5-7-22(32-21)17-31-27(35)24-13-18(10-11-30-24)12-23(33)15-19-14-20(29)8-9-25(19)36-4/h5-11,13-14H,12,15-17H2,1-4H3,(H,31,35). The second-order valence-electron chi connectivity index (χ2n) is 9.46. The maximum atomic E-state index is 12.7. The Labute approximate surface area is 221 Å². The van der Waals surface area contributed by atoms with Gasteiger partial charge in [0.25, 0.3) is 5.91 Å². The molecule has 1 amide bonds. The predicted octanol–water partition coefficient (Wildman–Crippen LogP) is 4.31. The molecule has 1 N–H and O–H groups in total. The van der Waals surface area contributed by atoms with E-state index >= 15 is 0 Å². The summed E-state index contributed by atoms with van der Waals surface area (Å²) >= 11 is 6.06. The van der Waals surface area contributed by atoms with Crippen LogP contribution in [0.15, 0.2) is 54.7 Å². The monoisotopic (exact) mass is 523 g/mol. The number of ketones is 1. The number of aromatic nitrogens is 2. The van der Waals surface area contributed by atoms with Gasteiger partial charge in [-0.3, -0.25) is 24.4 Å². The molecule has 0 aliphatic carbocycles. The Balaban J connectivity index is 1.58. The summed E-state index contributed by atoms with van der Waals surface area (Å²) in [6, 6.07) is 13.7. The van der Waals surface area contributed by atoms with Gasteiger partial charge in [0, 0.05) is 29.6 Å². The summed E-state index contributed by atoms with van der Waals surface area (Å²) in [5, 5.41) is 3.30. The Hall–Kier alpha value is -3.78. The number of nitrogens with one attached hydrogen (secondary N) is 1. The lowest BCUT2D eigenvalue weighted by Crippen LogP contribution is -2.26. The van der Waals surface area contributed by atoms with E-state index in [1.54, 1.807) is 69.3 Å². The number of carbonyl (C=O) groups excluding carboxylic acids is 3. The van der Waals surface area contributed by atoms with E-state index in [4.69, 9.17) is 21.1 Å². The van der Waals surface area contributed by atoms with Crippen LogP contribution in [0.1, 0.15) is 53.8 Å². The minimum Gasteiger partial charge on any atom is -0.496 e. The lowest BCUT2D eigenvalue weighted by atomic mass is 10.0. The first kappa shape index (κ1) is 27.8. The highest BCUT2D eigenvalue weighted by atomic mass is 35.5. The largest absolute Gasteiger partial charge is 0.496 e. The molecule has 9 heteroatoms. The molecule has 0 fully saturated rings. The molecule has 0 bridgehead atoms. The zero-order valence-corrected chi connectivity index (χ0v) is 22.1. The number of nitrogens with zero attached hydrogens (tertiary/aromatic N) is 2. The molecule has 0 saturated carbocycles. The van der Waals surface area contributed by atoms with Crippen molar-refractivity contribution in [1.82, 2.24) is 15.3 Å². The molecule has 0 spiro atoms. The molecule has 3 rings (SSSR count). The van der Waals surface area contributed by atoms with Crippen molar-refractivity contribution >= 4 is 29.3 Å². The quantitative estimate of drug-likeness (QED) is 0.394. The highest BCUT2D eigenvalue weighted by Crippen LogP contribution is 2.23. The van der Waals surface area contributed by atoms with Crippen LogP contribution in [-0.4, -0.2) is 40.3 Å². The van der Waals surface area contributed by atoms with Crippen LogP contribution in [-0.2, 0) is 40.1 Å². The number of methoxy groups -OCH3 is 1. The van der Waals surface area contributed by atoms with Gasteiger partial charge in [0.05, 0.1) is 31.5 Å². The van der Waals surface area contributed by atoms with Crippen LogP contribution < -0.4 is 10.1 Å². The van der Waals surface area contributed by atoms with E-state index in [9.17, 15) is 14.4 Å². The van der Waals surface area contributed by atoms with Gasteiger partial charge in [-0.05, 0) is 68.8 Å². The van der Waals surface area contributed by atoms with Crippen LogP contribution in [0.4, 0.5) is 0 Å². The number of hydrogen-bond acceptors (Lipinski definition) is 7. The third kappa shape index (κ3) is 8.99. The van der Waals surface area contributed by atoms with Gasteiger partial charge >= 0.3 is 5.97 Å². The number of ether oxygens (including phenoxy) is 2. The van der Waals surface area contributed by atoms with Gasteiger partial charge in [-0.15, -0.1) is 0 Å². The second kappa shape index (κ2) is 12.5. The second-order valence-corrected chi connectivity index (χ2v) is 9.90. The molecule has 0 saturated heterocycles. The first-order chi connectivity index (χ1) is 17.5. The van der Waals surface area contributed by atoms with Gasteiger partial charge in [-0.25, -0.2) is 0 Å². The van der Waals surface area contributed by atoms with Gasteiger partial charge in [0.15, 0.2) is 0 Å².